The normalized spacial score (nSPS) is 17.0. The van der Waals surface area contributed by atoms with Gasteiger partial charge in [-0.25, -0.2) is 4.98 Å². The molecule has 40 heavy (non-hydrogen) atoms. The van der Waals surface area contributed by atoms with E-state index >= 15 is 0 Å². The summed E-state index contributed by atoms with van der Waals surface area (Å²) in [6, 6.07) is 8.85. The molecule has 4 aromatic rings. The fourth-order valence-corrected chi connectivity index (χ4v) is 7.22. The molecular formula is C29H33BrN7O2P. The molecule has 0 saturated carbocycles. The van der Waals surface area contributed by atoms with Gasteiger partial charge in [-0.05, 0) is 84.9 Å². The first-order chi connectivity index (χ1) is 19.3. The van der Waals surface area contributed by atoms with Crippen molar-refractivity contribution >= 4 is 63.3 Å². The molecule has 0 amide bonds. The van der Waals surface area contributed by atoms with Gasteiger partial charge in [-0.15, -0.1) is 0 Å². The number of aromatic nitrogens is 4. The number of methoxy groups -OCH3 is 1. The van der Waals surface area contributed by atoms with Gasteiger partial charge in [-0.1, -0.05) is 7.92 Å². The summed E-state index contributed by atoms with van der Waals surface area (Å²) in [5, 5.41) is 8.09. The Balaban J connectivity index is 1.31. The summed E-state index contributed by atoms with van der Waals surface area (Å²) in [5.41, 5.74) is 6.09. The van der Waals surface area contributed by atoms with Gasteiger partial charge in [-0.2, -0.15) is 4.98 Å². The Morgan fingerprint density at radius 1 is 1.07 bits per heavy atom. The van der Waals surface area contributed by atoms with Gasteiger partial charge in [0.1, 0.15) is 11.6 Å². The lowest BCUT2D eigenvalue weighted by atomic mass is 9.81. The second kappa shape index (κ2) is 10.8. The second-order valence-corrected chi connectivity index (χ2v) is 13.9. The van der Waals surface area contributed by atoms with E-state index < -0.39 is 7.92 Å². The van der Waals surface area contributed by atoms with Crippen molar-refractivity contribution < 1.29 is 9.47 Å². The number of rotatable bonds is 7. The molecule has 0 bridgehead atoms. The summed E-state index contributed by atoms with van der Waals surface area (Å²) in [5.74, 6) is 1.90. The standard InChI is InChI=1S/C29H33BrN7O2P/c1-29(2)19-13-24(38-3)23(12-17(19)8-11-37(29)18-15-39-16-18)35-28-33-14-20(30)27(36-28)34-22-7-6-21-25(26(22)40(4)5)32-10-9-31-21/h6-7,9-10,12-14,18H,8,11,15-16H2,1-5H3,(H2,33,34,35,36). The van der Waals surface area contributed by atoms with E-state index in [1.807, 2.05) is 12.1 Å². The highest BCUT2D eigenvalue weighted by atomic mass is 79.9. The van der Waals surface area contributed by atoms with Crippen molar-refractivity contribution in [3.8, 4) is 5.75 Å². The van der Waals surface area contributed by atoms with Crippen LogP contribution < -0.4 is 20.7 Å². The molecule has 0 unspecified atom stereocenters. The minimum Gasteiger partial charge on any atom is -0.495 e. The molecule has 11 heteroatoms. The van der Waals surface area contributed by atoms with Gasteiger partial charge >= 0.3 is 0 Å². The van der Waals surface area contributed by atoms with Crippen LogP contribution in [0.2, 0.25) is 0 Å². The molecule has 1 saturated heterocycles. The van der Waals surface area contributed by atoms with Gasteiger partial charge in [0.25, 0.3) is 0 Å². The van der Waals surface area contributed by atoms with Crippen LogP contribution in [0.15, 0.2) is 47.3 Å². The third-order valence-corrected chi connectivity index (χ3v) is 9.72. The summed E-state index contributed by atoms with van der Waals surface area (Å²) in [4.78, 5) is 21.0. The Morgan fingerprint density at radius 2 is 1.88 bits per heavy atom. The van der Waals surface area contributed by atoms with Gasteiger partial charge in [0.2, 0.25) is 5.95 Å². The third-order valence-electron chi connectivity index (χ3n) is 7.79. The minimum absolute atomic E-state index is 0.112. The second-order valence-electron chi connectivity index (χ2n) is 10.8. The van der Waals surface area contributed by atoms with Crippen LogP contribution in [0, 0.1) is 0 Å². The Kier molecular flexibility index (Phi) is 7.38. The fourth-order valence-electron chi connectivity index (χ4n) is 5.72. The largest absolute Gasteiger partial charge is 0.495 e. The molecule has 2 aromatic heterocycles. The number of ether oxygens (including phenoxy) is 2. The monoisotopic (exact) mass is 621 g/mol. The van der Waals surface area contributed by atoms with Crippen LogP contribution in [-0.2, 0) is 16.7 Å². The van der Waals surface area contributed by atoms with Crippen molar-refractivity contribution in [2.75, 3.05) is 50.8 Å². The van der Waals surface area contributed by atoms with Crippen molar-refractivity contribution in [2.45, 2.75) is 31.8 Å². The number of benzene rings is 2. The van der Waals surface area contributed by atoms with E-state index in [9.17, 15) is 0 Å². The van der Waals surface area contributed by atoms with Crippen LogP contribution in [0.25, 0.3) is 11.0 Å². The zero-order valence-corrected chi connectivity index (χ0v) is 25.8. The molecule has 9 nitrogen and oxygen atoms in total. The van der Waals surface area contributed by atoms with Crippen LogP contribution in [0.4, 0.5) is 23.1 Å². The van der Waals surface area contributed by atoms with Gasteiger partial charge in [0.05, 0.1) is 47.6 Å². The molecule has 2 aromatic carbocycles. The van der Waals surface area contributed by atoms with Crippen molar-refractivity contribution in [3.63, 3.8) is 0 Å². The van der Waals surface area contributed by atoms with Crippen LogP contribution >= 0.6 is 23.9 Å². The maximum atomic E-state index is 5.85. The summed E-state index contributed by atoms with van der Waals surface area (Å²) < 4.78 is 12.1. The summed E-state index contributed by atoms with van der Waals surface area (Å²) in [6.07, 6.45) is 6.18. The Bertz CT molecular complexity index is 1580. The van der Waals surface area contributed by atoms with E-state index in [0.29, 0.717) is 17.8 Å². The van der Waals surface area contributed by atoms with E-state index in [1.54, 1.807) is 25.7 Å². The molecule has 2 aliphatic heterocycles. The maximum Gasteiger partial charge on any atom is 0.229 e. The van der Waals surface area contributed by atoms with Crippen molar-refractivity contribution in [3.05, 3.63) is 58.5 Å². The highest BCUT2D eigenvalue weighted by Crippen LogP contribution is 2.42. The lowest BCUT2D eigenvalue weighted by Gasteiger charge is -2.50. The fraction of sp³-hybridized carbons (Fsp3) is 0.379. The summed E-state index contributed by atoms with van der Waals surface area (Å²) in [6.45, 7) is 11.6. The molecule has 0 atom stereocenters. The number of hydrogen-bond donors (Lipinski definition) is 2. The number of halogens is 1. The summed E-state index contributed by atoms with van der Waals surface area (Å²) >= 11 is 3.63. The zero-order valence-electron chi connectivity index (χ0n) is 23.3. The maximum absolute atomic E-state index is 5.85. The topological polar surface area (TPSA) is 97.3 Å². The lowest BCUT2D eigenvalue weighted by molar-refractivity contribution is -0.102. The first-order valence-electron chi connectivity index (χ1n) is 13.3. The van der Waals surface area contributed by atoms with E-state index in [0.717, 1.165) is 64.1 Å². The molecular weight excluding hydrogens is 589 g/mol. The first-order valence-corrected chi connectivity index (χ1v) is 16.3. The molecule has 0 spiro atoms. The molecule has 1 fully saturated rings. The molecule has 2 aliphatic rings. The molecule has 208 valence electrons. The molecule has 4 heterocycles. The minimum atomic E-state index is -0.460. The van der Waals surface area contributed by atoms with Crippen LogP contribution in [-0.4, -0.2) is 71.1 Å². The molecule has 6 rings (SSSR count). The number of hydrogen-bond acceptors (Lipinski definition) is 9. The highest BCUT2D eigenvalue weighted by Gasteiger charge is 2.41. The van der Waals surface area contributed by atoms with Crippen LogP contribution in [0.5, 0.6) is 5.75 Å². The van der Waals surface area contributed by atoms with Crippen LogP contribution in [0.1, 0.15) is 25.0 Å². The molecule has 0 aliphatic carbocycles. The first kappa shape index (κ1) is 27.3. The van der Waals surface area contributed by atoms with Gasteiger partial charge in [0, 0.05) is 41.7 Å². The predicted octanol–water partition coefficient (Wildman–Crippen LogP) is 5.54. The number of nitrogens with zero attached hydrogens (tertiary/aromatic N) is 5. The Labute approximate surface area is 244 Å². The van der Waals surface area contributed by atoms with E-state index in [-0.39, 0.29) is 5.54 Å². The average Bonchev–Trinajstić information content (AvgIpc) is 2.90. The number of nitrogens with one attached hydrogen (secondary N) is 2. The van der Waals surface area contributed by atoms with E-state index in [4.69, 9.17) is 14.5 Å². The van der Waals surface area contributed by atoms with Gasteiger partial charge < -0.3 is 20.1 Å². The predicted molar refractivity (Wildman–Crippen MR) is 165 cm³/mol. The van der Waals surface area contributed by atoms with Gasteiger partial charge in [0.15, 0.2) is 0 Å². The Hall–Kier alpha value is -2.91. The molecule has 0 radical (unpaired) electrons. The Morgan fingerprint density at radius 3 is 2.60 bits per heavy atom. The summed E-state index contributed by atoms with van der Waals surface area (Å²) in [7, 11) is 1.24. The van der Waals surface area contributed by atoms with Crippen molar-refractivity contribution in [1.29, 1.82) is 0 Å². The van der Waals surface area contributed by atoms with Gasteiger partial charge in [-0.3, -0.25) is 14.9 Å². The zero-order chi connectivity index (χ0) is 28.0. The quantitative estimate of drug-likeness (QED) is 0.258. The van der Waals surface area contributed by atoms with E-state index in [2.05, 4.69) is 85.7 Å². The lowest BCUT2D eigenvalue weighted by Crippen LogP contribution is -2.58. The molecule has 2 N–H and O–H groups in total. The smallest absolute Gasteiger partial charge is 0.229 e. The van der Waals surface area contributed by atoms with E-state index in [1.165, 1.54) is 11.1 Å². The number of fused-ring (bicyclic) bond motifs is 2. The van der Waals surface area contributed by atoms with Crippen molar-refractivity contribution in [2.24, 2.45) is 0 Å². The average molecular weight is 623 g/mol. The number of anilines is 4. The third kappa shape index (κ3) is 4.91. The SMILES string of the molecule is COc1cc2c(cc1Nc1ncc(Br)c(Nc3ccc4nccnc4c3P(C)C)n1)CCN(C1COC1)C2(C)C. The van der Waals surface area contributed by atoms with Crippen molar-refractivity contribution in [1.82, 2.24) is 24.8 Å². The highest BCUT2D eigenvalue weighted by molar-refractivity contribution is 9.10. The van der Waals surface area contributed by atoms with Crippen LogP contribution in [0.3, 0.4) is 0 Å².